The first kappa shape index (κ1) is 32.4. The summed E-state index contributed by atoms with van der Waals surface area (Å²) in [6, 6.07) is -1.14. The number of hydrogen-bond acceptors (Lipinski definition) is 4. The van der Waals surface area contributed by atoms with E-state index in [9.17, 15) is 14.4 Å². The summed E-state index contributed by atoms with van der Waals surface area (Å²) in [5.74, 6) is -3.56. The third kappa shape index (κ3) is 20.7. The molecule has 0 saturated heterocycles. The number of carboxylic acids is 3. The number of rotatable bonds is 7. The van der Waals surface area contributed by atoms with E-state index < -0.39 is 30.5 Å². The smallest absolute Gasteiger partial charge is 1.00 e. The maximum absolute atomic E-state index is 10.5. The Morgan fingerprint density at radius 2 is 1.39 bits per heavy atom. The van der Waals surface area contributed by atoms with Crippen LogP contribution >= 0.6 is 0 Å². The minimum absolute atomic E-state index is 0. The molecule has 0 saturated carbocycles. The first-order chi connectivity index (χ1) is 6.43. The third-order valence-electron chi connectivity index (χ3n) is 1.44. The molecule has 0 radical (unpaired) electrons. The van der Waals surface area contributed by atoms with Gasteiger partial charge < -0.3 is 21.0 Å². The van der Waals surface area contributed by atoms with Gasteiger partial charge in [-0.25, -0.2) is 0 Å². The van der Waals surface area contributed by atoms with E-state index in [-0.39, 0.29) is 137 Å². The molecule has 4 N–H and O–H groups in total. The molecular weight excluding hydrogens is 286 g/mol. The van der Waals surface area contributed by atoms with Gasteiger partial charge in [0.2, 0.25) is 0 Å². The fourth-order valence-electron chi connectivity index (χ4n) is 0.791. The van der Waals surface area contributed by atoms with Crippen LogP contribution in [0.2, 0.25) is 0 Å². The molecule has 11 heteroatoms. The van der Waals surface area contributed by atoms with E-state index in [1.54, 1.807) is 0 Å². The molecule has 0 spiro atoms. The van der Waals surface area contributed by atoms with Crippen molar-refractivity contribution < 1.29 is 154 Å². The molecule has 0 rings (SSSR count). The Morgan fingerprint density at radius 1 is 0.944 bits per heavy atom. The van der Waals surface area contributed by atoms with Gasteiger partial charge in [-0.1, -0.05) is 0 Å². The van der Waals surface area contributed by atoms with Crippen molar-refractivity contribution in [2.45, 2.75) is 18.9 Å². The SMILES string of the molecule is O=C(O)CC[C@H](NCC(=O)O)C(=O)O.[H-].[H-].[H-].[H-].[Na+].[Na+].[Na+].[Na+]. The first-order valence-electron chi connectivity index (χ1n) is 3.83. The van der Waals surface area contributed by atoms with Crippen molar-refractivity contribution in [1.29, 1.82) is 0 Å². The molecule has 0 aromatic rings. The topological polar surface area (TPSA) is 124 Å². The fraction of sp³-hybridized carbons (Fsp3) is 0.571. The minimum Gasteiger partial charge on any atom is -1.00 e. The molecule has 1 atom stereocenters. The molecule has 0 unspecified atom stereocenters. The van der Waals surface area contributed by atoms with Gasteiger partial charge in [0, 0.05) is 6.42 Å². The third-order valence-corrected chi connectivity index (χ3v) is 1.44. The van der Waals surface area contributed by atoms with Gasteiger partial charge in [0.15, 0.2) is 0 Å². The molecule has 88 valence electrons. The molecule has 7 nitrogen and oxygen atoms in total. The maximum Gasteiger partial charge on any atom is 1.00 e. The van der Waals surface area contributed by atoms with Crippen molar-refractivity contribution in [1.82, 2.24) is 5.32 Å². The summed E-state index contributed by atoms with van der Waals surface area (Å²) < 4.78 is 0. The van der Waals surface area contributed by atoms with Gasteiger partial charge in [0.25, 0.3) is 0 Å². The van der Waals surface area contributed by atoms with Crippen molar-refractivity contribution in [2.24, 2.45) is 0 Å². The molecule has 0 aliphatic heterocycles. The van der Waals surface area contributed by atoms with Crippen LogP contribution in [-0.2, 0) is 14.4 Å². The Kier molecular flexibility index (Phi) is 34.8. The normalized spacial score (nSPS) is 9.33. The Balaban J connectivity index is -0.0000000302. The average Bonchev–Trinajstić information content (AvgIpc) is 2.02. The summed E-state index contributed by atoms with van der Waals surface area (Å²) in [7, 11) is 0. The van der Waals surface area contributed by atoms with E-state index in [2.05, 4.69) is 5.32 Å². The van der Waals surface area contributed by atoms with E-state index in [1.165, 1.54) is 0 Å². The van der Waals surface area contributed by atoms with E-state index >= 15 is 0 Å². The van der Waals surface area contributed by atoms with Crippen LogP contribution < -0.4 is 124 Å². The van der Waals surface area contributed by atoms with Gasteiger partial charge in [-0.15, -0.1) is 0 Å². The zero-order valence-corrected chi connectivity index (χ0v) is 19.3. The van der Waals surface area contributed by atoms with Crippen molar-refractivity contribution >= 4 is 17.9 Å². The van der Waals surface area contributed by atoms with Crippen LogP contribution in [0, 0.1) is 0 Å². The quantitative estimate of drug-likeness (QED) is 0.344. The van der Waals surface area contributed by atoms with Crippen LogP contribution in [0.25, 0.3) is 0 Å². The second-order valence-electron chi connectivity index (χ2n) is 2.60. The van der Waals surface area contributed by atoms with Gasteiger partial charge in [-0.3, -0.25) is 19.7 Å². The average molecular weight is 301 g/mol. The number of hydrogen-bond donors (Lipinski definition) is 4. The predicted octanol–water partition coefficient (Wildman–Crippen LogP) is -12.6. The number of aliphatic carboxylic acids is 3. The van der Waals surface area contributed by atoms with Crippen LogP contribution in [0.3, 0.4) is 0 Å². The van der Waals surface area contributed by atoms with E-state index in [0.29, 0.717) is 0 Å². The summed E-state index contributed by atoms with van der Waals surface area (Å²) in [6.07, 6.45) is -0.457. The molecule has 0 aliphatic rings. The standard InChI is InChI=1S/C7H11NO6.4Na.4H/c9-5(10)2-1-4(7(13)14)8-3-6(11)12;;;;;;;;/h4,8H,1-3H2,(H,9,10)(H,11,12)(H,13,14);;;;;;;;/q;4*+1;4*-1/t4-;;;;;;;;/m0......../s1. The second kappa shape index (κ2) is 19.4. The monoisotopic (exact) mass is 301 g/mol. The molecule has 0 fully saturated rings. The molecule has 0 aromatic heterocycles. The second-order valence-corrected chi connectivity index (χ2v) is 2.60. The molecule has 18 heavy (non-hydrogen) atoms. The van der Waals surface area contributed by atoms with Gasteiger partial charge in [-0.05, 0) is 6.42 Å². The minimum atomic E-state index is -1.26. The maximum atomic E-state index is 10.5. The molecule has 0 bridgehead atoms. The summed E-state index contributed by atoms with van der Waals surface area (Å²) in [5.41, 5.74) is 0. The summed E-state index contributed by atoms with van der Waals surface area (Å²) >= 11 is 0. The Hall–Kier alpha value is 2.37. The van der Waals surface area contributed by atoms with E-state index in [0.717, 1.165) is 0 Å². The van der Waals surface area contributed by atoms with Crippen molar-refractivity contribution in [3.63, 3.8) is 0 Å². The molecule has 0 aromatic carbocycles. The largest absolute Gasteiger partial charge is 1.00 e. The Morgan fingerprint density at radius 3 is 1.67 bits per heavy atom. The predicted molar refractivity (Wildman–Crippen MR) is 48.4 cm³/mol. The van der Waals surface area contributed by atoms with Gasteiger partial charge in [0.05, 0.1) is 6.54 Å². The molecular formula is C7H15NNa4O6. The van der Waals surface area contributed by atoms with Crippen molar-refractivity contribution in [3.05, 3.63) is 0 Å². The van der Waals surface area contributed by atoms with Gasteiger partial charge >= 0.3 is 136 Å². The van der Waals surface area contributed by atoms with Crippen LogP contribution in [0.5, 0.6) is 0 Å². The number of carboxylic acid groups (broad SMARTS) is 3. The zero-order valence-electron chi connectivity index (χ0n) is 15.3. The van der Waals surface area contributed by atoms with Crippen molar-refractivity contribution in [3.8, 4) is 0 Å². The summed E-state index contributed by atoms with van der Waals surface area (Å²) in [4.78, 5) is 30.7. The number of nitrogens with one attached hydrogen (secondary N) is 1. The zero-order chi connectivity index (χ0) is 11.1. The van der Waals surface area contributed by atoms with E-state index in [4.69, 9.17) is 15.3 Å². The van der Waals surface area contributed by atoms with Gasteiger partial charge in [-0.2, -0.15) is 0 Å². The van der Waals surface area contributed by atoms with Crippen molar-refractivity contribution in [2.75, 3.05) is 6.54 Å². The molecule has 0 amide bonds. The summed E-state index contributed by atoms with van der Waals surface area (Å²) in [6.45, 7) is -0.503. The Bertz CT molecular complexity index is 249. The first-order valence-corrected chi connectivity index (χ1v) is 3.83. The Labute approximate surface area is 199 Å². The number of carbonyl (C=O) groups is 3. The summed E-state index contributed by atoms with van der Waals surface area (Å²) in [5, 5.41) is 27.3. The molecule has 0 heterocycles. The van der Waals surface area contributed by atoms with E-state index in [1.807, 2.05) is 0 Å². The van der Waals surface area contributed by atoms with Crippen LogP contribution in [-0.4, -0.2) is 45.8 Å². The van der Waals surface area contributed by atoms with Gasteiger partial charge in [0.1, 0.15) is 6.04 Å². The fourth-order valence-corrected chi connectivity index (χ4v) is 0.791. The molecule has 0 aliphatic carbocycles. The van der Waals surface area contributed by atoms with Crippen LogP contribution in [0.15, 0.2) is 0 Å². The van der Waals surface area contributed by atoms with Crippen LogP contribution in [0.1, 0.15) is 18.5 Å². The van der Waals surface area contributed by atoms with Crippen LogP contribution in [0.4, 0.5) is 0 Å².